The van der Waals surface area contributed by atoms with E-state index in [0.29, 0.717) is 40.9 Å². The summed E-state index contributed by atoms with van der Waals surface area (Å²) < 4.78 is 24.8. The summed E-state index contributed by atoms with van der Waals surface area (Å²) in [4.78, 5) is 4.68. The normalized spacial score (nSPS) is 19.6. The maximum Gasteiger partial charge on any atom is 0.204 e. The lowest BCUT2D eigenvalue weighted by Crippen LogP contribution is -2.34. The van der Waals surface area contributed by atoms with E-state index in [9.17, 15) is 10.2 Å². The standard InChI is InChI=1S/C36H38N2O6/c1-37-13-11-23-19-32(41-3)33-20-26(23)27(37)15-21-5-8-25(9-6-21)43-31-17-22(7-10-29(31)39)16-28-34-24(12-14-38(28)2)18-30(40)35(42-4)36(34)44-33/h5-10,17-20,27-28,39-40H,11-16H2,1-4H3. The molecule has 8 rings (SSSR count). The molecule has 0 saturated carbocycles. The summed E-state index contributed by atoms with van der Waals surface area (Å²) in [6.07, 6.45) is 3.08. The highest BCUT2D eigenvalue weighted by Crippen LogP contribution is 2.51. The van der Waals surface area contributed by atoms with Crippen molar-refractivity contribution < 1.29 is 29.2 Å². The van der Waals surface area contributed by atoms with Crippen LogP contribution in [0.3, 0.4) is 0 Å². The molecule has 2 N–H and O–H groups in total. The van der Waals surface area contributed by atoms with Crippen LogP contribution in [0.15, 0.2) is 60.7 Å². The van der Waals surface area contributed by atoms with Gasteiger partial charge in [-0.2, -0.15) is 0 Å². The van der Waals surface area contributed by atoms with Crippen molar-refractivity contribution >= 4 is 0 Å². The zero-order valence-corrected chi connectivity index (χ0v) is 25.6. The Morgan fingerprint density at radius 3 is 2.16 bits per heavy atom. The number of aromatic hydroxyl groups is 2. The minimum absolute atomic E-state index is 0.0459. The molecule has 44 heavy (non-hydrogen) atoms. The zero-order valence-electron chi connectivity index (χ0n) is 25.6. The molecule has 4 heterocycles. The number of methoxy groups -OCH3 is 2. The fraction of sp³-hybridized carbons (Fsp3) is 0.333. The van der Waals surface area contributed by atoms with Crippen LogP contribution in [-0.2, 0) is 25.7 Å². The van der Waals surface area contributed by atoms with Crippen molar-refractivity contribution in [2.24, 2.45) is 0 Å². The third-order valence-electron chi connectivity index (χ3n) is 9.44. The Labute approximate surface area is 258 Å². The van der Waals surface area contributed by atoms with E-state index in [1.807, 2.05) is 24.3 Å². The Morgan fingerprint density at radius 2 is 1.41 bits per heavy atom. The molecular weight excluding hydrogens is 556 g/mol. The maximum absolute atomic E-state index is 11.1. The van der Waals surface area contributed by atoms with E-state index in [-0.39, 0.29) is 23.6 Å². The number of benzene rings is 4. The minimum atomic E-state index is -0.0960. The highest BCUT2D eigenvalue weighted by atomic mass is 16.5. The largest absolute Gasteiger partial charge is 0.504 e. The summed E-state index contributed by atoms with van der Waals surface area (Å²) in [5.74, 6) is 3.22. The topological polar surface area (TPSA) is 83.9 Å². The second kappa shape index (κ2) is 11.3. The van der Waals surface area contributed by atoms with Crippen LogP contribution in [0.1, 0.15) is 45.5 Å². The van der Waals surface area contributed by atoms with E-state index < -0.39 is 0 Å². The second-order valence-electron chi connectivity index (χ2n) is 12.1. The van der Waals surface area contributed by atoms with E-state index in [2.05, 4.69) is 48.2 Å². The molecule has 4 aromatic carbocycles. The zero-order chi connectivity index (χ0) is 30.5. The fourth-order valence-electron chi connectivity index (χ4n) is 6.98. The van der Waals surface area contributed by atoms with Gasteiger partial charge in [-0.3, -0.25) is 9.80 Å². The molecule has 4 aliphatic heterocycles. The van der Waals surface area contributed by atoms with Crippen LogP contribution in [0.4, 0.5) is 0 Å². The van der Waals surface area contributed by atoms with Crippen molar-refractivity contribution in [3.05, 3.63) is 94.0 Å². The van der Waals surface area contributed by atoms with E-state index >= 15 is 0 Å². The van der Waals surface area contributed by atoms with Gasteiger partial charge in [-0.25, -0.2) is 0 Å². The Balaban J connectivity index is 1.46. The van der Waals surface area contributed by atoms with Crippen molar-refractivity contribution in [2.75, 3.05) is 41.4 Å². The number of rotatable bonds is 2. The number of likely N-dealkylation sites (N-methyl/N-ethyl adjacent to an activating group) is 2. The highest BCUT2D eigenvalue weighted by molar-refractivity contribution is 5.63. The lowest BCUT2D eigenvalue weighted by Gasteiger charge is -2.37. The fourth-order valence-corrected chi connectivity index (χ4v) is 6.98. The molecule has 8 heteroatoms. The van der Waals surface area contributed by atoms with Crippen molar-refractivity contribution in [1.82, 2.24) is 9.80 Å². The Hall–Kier alpha value is -4.40. The molecule has 0 aromatic heterocycles. The summed E-state index contributed by atoms with van der Waals surface area (Å²) in [5, 5.41) is 21.8. The number of phenols is 2. The van der Waals surface area contributed by atoms with E-state index in [1.54, 1.807) is 26.4 Å². The molecule has 6 bridgehead atoms. The van der Waals surface area contributed by atoms with Gasteiger partial charge >= 0.3 is 0 Å². The molecule has 2 unspecified atom stereocenters. The van der Waals surface area contributed by atoms with Crippen molar-refractivity contribution in [3.8, 4) is 46.0 Å². The number of nitrogens with zero attached hydrogens (tertiary/aromatic N) is 2. The first kappa shape index (κ1) is 28.4. The first-order chi connectivity index (χ1) is 21.3. The van der Waals surface area contributed by atoms with Crippen molar-refractivity contribution in [1.29, 1.82) is 0 Å². The molecule has 4 aromatic rings. The number of hydrogen-bond donors (Lipinski definition) is 2. The predicted molar refractivity (Wildman–Crippen MR) is 168 cm³/mol. The maximum atomic E-state index is 11.1. The van der Waals surface area contributed by atoms with E-state index in [1.165, 1.54) is 16.7 Å². The molecule has 8 nitrogen and oxygen atoms in total. The summed E-state index contributed by atoms with van der Waals surface area (Å²) in [7, 11) is 7.48. The van der Waals surface area contributed by atoms with Crippen LogP contribution >= 0.6 is 0 Å². The summed E-state index contributed by atoms with van der Waals surface area (Å²) in [6, 6.07) is 19.7. The van der Waals surface area contributed by atoms with Gasteiger partial charge in [-0.15, -0.1) is 0 Å². The number of fused-ring (bicyclic) bond motifs is 2. The first-order valence-electron chi connectivity index (χ1n) is 15.1. The van der Waals surface area contributed by atoms with Gasteiger partial charge in [0, 0.05) is 30.7 Å². The molecule has 2 atom stereocenters. The molecule has 228 valence electrons. The Bertz CT molecular complexity index is 1720. The average Bonchev–Trinajstić information content (AvgIpc) is 3.02. The molecular formula is C36H38N2O6. The van der Waals surface area contributed by atoms with Crippen LogP contribution < -0.4 is 18.9 Å². The van der Waals surface area contributed by atoms with E-state index in [4.69, 9.17) is 18.9 Å². The van der Waals surface area contributed by atoms with Gasteiger partial charge in [0.05, 0.1) is 14.2 Å². The Kier molecular flexibility index (Phi) is 7.26. The minimum Gasteiger partial charge on any atom is -0.504 e. The van der Waals surface area contributed by atoms with Gasteiger partial charge in [-0.05, 0) is 110 Å². The predicted octanol–water partition coefficient (Wildman–Crippen LogP) is 6.56. The van der Waals surface area contributed by atoms with Crippen LogP contribution in [0.5, 0.6) is 46.0 Å². The SMILES string of the molecule is COc1cc2c3cc1Oc1c(OC)c(O)cc4c1C(Cc1ccc(O)c(c1)Oc1ccc(cc1)CC3N(C)CC2)N(C)CC4. The third kappa shape index (κ3) is 4.98. The van der Waals surface area contributed by atoms with Gasteiger partial charge in [0.1, 0.15) is 5.75 Å². The second-order valence-corrected chi connectivity index (χ2v) is 12.1. The molecule has 0 saturated heterocycles. The van der Waals surface area contributed by atoms with Crippen LogP contribution in [0, 0.1) is 0 Å². The van der Waals surface area contributed by atoms with Crippen LogP contribution in [0.25, 0.3) is 0 Å². The average molecular weight is 595 g/mol. The van der Waals surface area contributed by atoms with Crippen molar-refractivity contribution in [2.45, 2.75) is 37.8 Å². The first-order valence-corrected chi connectivity index (χ1v) is 15.1. The van der Waals surface area contributed by atoms with Gasteiger partial charge in [0.25, 0.3) is 0 Å². The quantitative estimate of drug-likeness (QED) is 0.270. The monoisotopic (exact) mass is 594 g/mol. The molecule has 0 spiro atoms. The molecule has 0 aliphatic carbocycles. The number of hydrogen-bond acceptors (Lipinski definition) is 8. The molecule has 0 fully saturated rings. The van der Waals surface area contributed by atoms with Gasteiger partial charge in [0.15, 0.2) is 34.5 Å². The lowest BCUT2D eigenvalue weighted by atomic mass is 9.87. The summed E-state index contributed by atoms with van der Waals surface area (Å²) in [5.41, 5.74) is 6.58. The van der Waals surface area contributed by atoms with E-state index in [0.717, 1.165) is 49.0 Å². The summed E-state index contributed by atoms with van der Waals surface area (Å²) in [6.45, 7) is 1.74. The highest BCUT2D eigenvalue weighted by Gasteiger charge is 2.34. The van der Waals surface area contributed by atoms with Crippen LogP contribution in [-0.4, -0.2) is 61.4 Å². The van der Waals surface area contributed by atoms with Crippen molar-refractivity contribution in [3.63, 3.8) is 0 Å². The number of ether oxygens (including phenoxy) is 4. The smallest absolute Gasteiger partial charge is 0.204 e. The number of phenolic OH excluding ortho intramolecular Hbond substituents is 2. The Morgan fingerprint density at radius 1 is 0.705 bits per heavy atom. The van der Waals surface area contributed by atoms with Gasteiger partial charge in [0.2, 0.25) is 5.75 Å². The summed E-state index contributed by atoms with van der Waals surface area (Å²) >= 11 is 0. The molecule has 4 aliphatic rings. The van der Waals surface area contributed by atoms with Crippen LogP contribution in [0.2, 0.25) is 0 Å². The third-order valence-corrected chi connectivity index (χ3v) is 9.44. The lowest BCUT2D eigenvalue weighted by molar-refractivity contribution is 0.220. The van der Waals surface area contributed by atoms with Gasteiger partial charge < -0.3 is 29.2 Å². The molecule has 0 amide bonds. The van der Waals surface area contributed by atoms with Gasteiger partial charge in [-0.1, -0.05) is 18.2 Å². The molecule has 0 radical (unpaired) electrons.